The van der Waals surface area contributed by atoms with Crippen LogP contribution in [0.25, 0.3) is 0 Å². The Balaban J connectivity index is 1.97. The third kappa shape index (κ3) is 3.78. The van der Waals surface area contributed by atoms with Crippen LogP contribution in [0.2, 0.25) is 0 Å². The Morgan fingerprint density at radius 2 is 2.32 bits per heavy atom. The topological polar surface area (TPSA) is 58.2 Å². The van der Waals surface area contributed by atoms with Crippen LogP contribution in [0, 0.1) is 0 Å². The molecule has 1 atom stereocenters. The summed E-state index contributed by atoms with van der Waals surface area (Å²) in [6.45, 7) is 6.08. The van der Waals surface area contributed by atoms with Crippen LogP contribution in [-0.2, 0) is 15.4 Å². The van der Waals surface area contributed by atoms with Gasteiger partial charge < -0.3 is 5.32 Å². The lowest BCUT2D eigenvalue weighted by Crippen LogP contribution is -2.47. The fourth-order valence-corrected chi connectivity index (χ4v) is 4.70. The van der Waals surface area contributed by atoms with E-state index < -0.39 is 10.0 Å². The third-order valence-corrected chi connectivity index (χ3v) is 6.66. The second-order valence-corrected chi connectivity index (χ2v) is 8.69. The minimum absolute atomic E-state index is 0.163. The number of thiophene rings is 1. The zero-order valence-electron chi connectivity index (χ0n) is 11.5. The van der Waals surface area contributed by atoms with Crippen molar-refractivity contribution in [2.45, 2.75) is 37.4 Å². The molecule has 1 aliphatic heterocycles. The summed E-state index contributed by atoms with van der Waals surface area (Å²) < 4.78 is 27.3. The molecule has 0 radical (unpaired) electrons. The molecule has 0 bridgehead atoms. The lowest BCUT2D eigenvalue weighted by molar-refractivity contribution is 0.473. The van der Waals surface area contributed by atoms with Gasteiger partial charge in [-0.05, 0) is 30.8 Å². The minimum Gasteiger partial charge on any atom is -0.315 e. The van der Waals surface area contributed by atoms with E-state index in [0.29, 0.717) is 13.1 Å². The number of rotatable bonds is 5. The first-order valence-electron chi connectivity index (χ1n) is 6.65. The summed E-state index contributed by atoms with van der Waals surface area (Å²) in [6.07, 6.45) is 1.68. The molecular formula is C13H22N2O2S2. The standard InChI is InChI=1S/C13H22N2O2S2/c1-13(2,12-6-4-8-18-12)10-15-19(16,17)11-5-3-7-14-9-11/h4,6,8,11,14-15H,3,5,7,9-10H2,1-2H3. The van der Waals surface area contributed by atoms with E-state index in [1.807, 2.05) is 11.4 Å². The van der Waals surface area contributed by atoms with Gasteiger partial charge in [0, 0.05) is 23.4 Å². The van der Waals surface area contributed by atoms with E-state index in [9.17, 15) is 8.42 Å². The van der Waals surface area contributed by atoms with Crippen LogP contribution >= 0.6 is 11.3 Å². The highest BCUT2D eigenvalue weighted by Gasteiger charge is 2.30. The number of hydrogen-bond acceptors (Lipinski definition) is 4. The predicted octanol–water partition coefficient (Wildman–Crippen LogP) is 1.70. The predicted molar refractivity (Wildman–Crippen MR) is 80.2 cm³/mol. The van der Waals surface area contributed by atoms with Gasteiger partial charge in [-0.25, -0.2) is 13.1 Å². The smallest absolute Gasteiger partial charge is 0.215 e. The van der Waals surface area contributed by atoms with Crippen LogP contribution in [0.4, 0.5) is 0 Å². The van der Waals surface area contributed by atoms with E-state index in [0.717, 1.165) is 19.4 Å². The Kier molecular flexibility index (Phi) is 4.66. The third-order valence-electron chi connectivity index (χ3n) is 3.59. The molecule has 0 saturated carbocycles. The summed E-state index contributed by atoms with van der Waals surface area (Å²) in [6, 6.07) is 4.06. The average molecular weight is 302 g/mol. The highest BCUT2D eigenvalue weighted by molar-refractivity contribution is 7.90. The molecule has 2 N–H and O–H groups in total. The van der Waals surface area contributed by atoms with Crippen LogP contribution in [-0.4, -0.2) is 33.3 Å². The zero-order valence-corrected chi connectivity index (χ0v) is 13.1. The van der Waals surface area contributed by atoms with Crippen molar-refractivity contribution in [2.24, 2.45) is 0 Å². The molecule has 0 aliphatic carbocycles. The van der Waals surface area contributed by atoms with E-state index in [-0.39, 0.29) is 10.7 Å². The molecule has 6 heteroatoms. The highest BCUT2D eigenvalue weighted by Crippen LogP contribution is 2.27. The molecule has 1 aromatic rings. The molecule has 2 rings (SSSR count). The number of piperidine rings is 1. The van der Waals surface area contributed by atoms with Gasteiger partial charge >= 0.3 is 0 Å². The van der Waals surface area contributed by atoms with Crippen LogP contribution < -0.4 is 10.0 Å². The van der Waals surface area contributed by atoms with E-state index >= 15 is 0 Å². The minimum atomic E-state index is -3.22. The molecule has 0 spiro atoms. The second kappa shape index (κ2) is 5.91. The Morgan fingerprint density at radius 1 is 1.53 bits per heavy atom. The van der Waals surface area contributed by atoms with Gasteiger partial charge in [0.2, 0.25) is 10.0 Å². The normalized spacial score (nSPS) is 21.5. The molecule has 19 heavy (non-hydrogen) atoms. The molecular weight excluding hydrogens is 280 g/mol. The van der Waals surface area contributed by atoms with E-state index in [2.05, 4.69) is 30.0 Å². The Labute approximate surface area is 119 Å². The van der Waals surface area contributed by atoms with Gasteiger partial charge in [-0.1, -0.05) is 19.9 Å². The van der Waals surface area contributed by atoms with Crippen molar-refractivity contribution in [3.8, 4) is 0 Å². The number of nitrogens with one attached hydrogen (secondary N) is 2. The van der Waals surface area contributed by atoms with Crippen molar-refractivity contribution in [1.29, 1.82) is 0 Å². The zero-order chi connectivity index (χ0) is 13.9. The molecule has 1 aromatic heterocycles. The number of sulfonamides is 1. The van der Waals surface area contributed by atoms with Gasteiger partial charge in [0.15, 0.2) is 0 Å². The fourth-order valence-electron chi connectivity index (χ4n) is 2.23. The summed E-state index contributed by atoms with van der Waals surface area (Å²) in [5.74, 6) is 0. The molecule has 1 fully saturated rings. The summed E-state index contributed by atoms with van der Waals surface area (Å²) >= 11 is 1.67. The van der Waals surface area contributed by atoms with Gasteiger partial charge in [-0.2, -0.15) is 0 Å². The second-order valence-electron chi connectivity index (χ2n) is 5.70. The maximum absolute atomic E-state index is 12.3. The average Bonchev–Trinajstić information content (AvgIpc) is 2.93. The lowest BCUT2D eigenvalue weighted by atomic mass is 9.92. The Hall–Kier alpha value is -0.430. The summed E-state index contributed by atoms with van der Waals surface area (Å²) in [5, 5.41) is 4.88. The van der Waals surface area contributed by atoms with Gasteiger partial charge in [0.25, 0.3) is 0 Å². The van der Waals surface area contributed by atoms with Crippen molar-refractivity contribution in [3.63, 3.8) is 0 Å². The van der Waals surface area contributed by atoms with Gasteiger partial charge in [0.05, 0.1) is 5.25 Å². The molecule has 1 unspecified atom stereocenters. The van der Waals surface area contributed by atoms with Crippen LogP contribution in [0.15, 0.2) is 17.5 Å². The molecule has 0 amide bonds. The maximum atomic E-state index is 12.3. The quantitative estimate of drug-likeness (QED) is 0.870. The summed E-state index contributed by atoms with van der Waals surface area (Å²) in [7, 11) is -3.22. The van der Waals surface area contributed by atoms with E-state index in [1.54, 1.807) is 11.3 Å². The fraction of sp³-hybridized carbons (Fsp3) is 0.692. The first kappa shape index (κ1) is 15.0. The number of hydrogen-bond donors (Lipinski definition) is 2. The van der Waals surface area contributed by atoms with Gasteiger partial charge in [-0.3, -0.25) is 0 Å². The summed E-state index contributed by atoms with van der Waals surface area (Å²) in [5.41, 5.74) is -0.163. The summed E-state index contributed by atoms with van der Waals surface area (Å²) in [4.78, 5) is 1.21. The van der Waals surface area contributed by atoms with Crippen molar-refractivity contribution in [1.82, 2.24) is 10.0 Å². The van der Waals surface area contributed by atoms with Crippen molar-refractivity contribution >= 4 is 21.4 Å². The van der Waals surface area contributed by atoms with Crippen LogP contribution in [0.3, 0.4) is 0 Å². The van der Waals surface area contributed by atoms with E-state index in [4.69, 9.17) is 0 Å². The van der Waals surface area contributed by atoms with Crippen LogP contribution in [0.1, 0.15) is 31.6 Å². The lowest BCUT2D eigenvalue weighted by Gasteiger charge is -2.27. The Morgan fingerprint density at radius 3 is 2.89 bits per heavy atom. The maximum Gasteiger partial charge on any atom is 0.215 e. The molecule has 108 valence electrons. The molecule has 1 saturated heterocycles. The largest absolute Gasteiger partial charge is 0.315 e. The first-order chi connectivity index (χ1) is 8.92. The Bertz CT molecular complexity index is 489. The van der Waals surface area contributed by atoms with Crippen molar-refractivity contribution < 1.29 is 8.42 Å². The monoisotopic (exact) mass is 302 g/mol. The van der Waals surface area contributed by atoms with E-state index in [1.165, 1.54) is 4.88 Å². The molecule has 4 nitrogen and oxygen atoms in total. The molecule has 1 aliphatic rings. The van der Waals surface area contributed by atoms with Gasteiger partial charge in [-0.15, -0.1) is 11.3 Å². The SMILES string of the molecule is CC(C)(CNS(=O)(=O)C1CCCNC1)c1cccs1. The van der Waals surface area contributed by atoms with Gasteiger partial charge in [0.1, 0.15) is 0 Å². The highest BCUT2D eigenvalue weighted by atomic mass is 32.2. The molecule has 2 heterocycles. The van der Waals surface area contributed by atoms with Crippen LogP contribution in [0.5, 0.6) is 0 Å². The molecule has 0 aromatic carbocycles. The first-order valence-corrected chi connectivity index (χ1v) is 9.08. The van der Waals surface area contributed by atoms with Crippen molar-refractivity contribution in [3.05, 3.63) is 22.4 Å². The van der Waals surface area contributed by atoms with Crippen molar-refractivity contribution in [2.75, 3.05) is 19.6 Å².